The van der Waals surface area contributed by atoms with E-state index in [9.17, 15) is 19.3 Å². The summed E-state index contributed by atoms with van der Waals surface area (Å²) in [5.41, 5.74) is 3.92. The molecule has 0 saturated carbocycles. The SMILES string of the molecule is COC(C)CNC(=O)c1c(F)ccc([N+](=O)[O-])c1N. The van der Waals surface area contributed by atoms with Crippen molar-refractivity contribution in [1.82, 2.24) is 5.32 Å². The molecule has 0 radical (unpaired) electrons. The summed E-state index contributed by atoms with van der Waals surface area (Å²) in [6.45, 7) is 1.84. The van der Waals surface area contributed by atoms with Crippen LogP contribution in [0.15, 0.2) is 12.1 Å². The second-order valence-electron chi connectivity index (χ2n) is 3.87. The van der Waals surface area contributed by atoms with Crippen molar-refractivity contribution in [1.29, 1.82) is 0 Å². The van der Waals surface area contributed by atoms with Gasteiger partial charge < -0.3 is 15.8 Å². The van der Waals surface area contributed by atoms with Crippen molar-refractivity contribution in [3.8, 4) is 0 Å². The predicted molar refractivity (Wildman–Crippen MR) is 66.3 cm³/mol. The van der Waals surface area contributed by atoms with Crippen molar-refractivity contribution in [3.63, 3.8) is 0 Å². The number of nitrogens with two attached hydrogens (primary N) is 1. The molecule has 1 unspecified atom stereocenters. The molecule has 0 fully saturated rings. The van der Waals surface area contributed by atoms with Gasteiger partial charge in [0.2, 0.25) is 0 Å². The molecule has 0 bridgehead atoms. The van der Waals surface area contributed by atoms with Gasteiger partial charge in [0.25, 0.3) is 11.6 Å². The first-order valence-corrected chi connectivity index (χ1v) is 5.41. The first-order valence-electron chi connectivity index (χ1n) is 5.41. The molecule has 19 heavy (non-hydrogen) atoms. The molecule has 0 saturated heterocycles. The van der Waals surface area contributed by atoms with Crippen LogP contribution in [0, 0.1) is 15.9 Å². The van der Waals surface area contributed by atoms with Crippen LogP contribution in [0.3, 0.4) is 0 Å². The van der Waals surface area contributed by atoms with Crippen molar-refractivity contribution in [2.75, 3.05) is 19.4 Å². The molecule has 3 N–H and O–H groups in total. The number of hydrogen-bond donors (Lipinski definition) is 2. The fourth-order valence-electron chi connectivity index (χ4n) is 1.38. The van der Waals surface area contributed by atoms with Gasteiger partial charge in [0, 0.05) is 19.7 Å². The van der Waals surface area contributed by atoms with Crippen LogP contribution in [0.4, 0.5) is 15.8 Å². The largest absolute Gasteiger partial charge is 0.392 e. The Labute approximate surface area is 108 Å². The van der Waals surface area contributed by atoms with Crippen molar-refractivity contribution in [2.24, 2.45) is 0 Å². The van der Waals surface area contributed by atoms with Crippen LogP contribution in [0.5, 0.6) is 0 Å². The summed E-state index contributed by atoms with van der Waals surface area (Å²) >= 11 is 0. The van der Waals surface area contributed by atoms with Crippen LogP contribution in [0.25, 0.3) is 0 Å². The van der Waals surface area contributed by atoms with Gasteiger partial charge in [-0.05, 0) is 13.0 Å². The minimum atomic E-state index is -0.911. The normalized spacial score (nSPS) is 11.9. The Bertz CT molecular complexity index is 507. The molecule has 1 aromatic rings. The average Bonchev–Trinajstić information content (AvgIpc) is 2.35. The highest BCUT2D eigenvalue weighted by atomic mass is 19.1. The lowest BCUT2D eigenvalue weighted by Crippen LogP contribution is -2.32. The van der Waals surface area contributed by atoms with Crippen LogP contribution in [0.1, 0.15) is 17.3 Å². The fourth-order valence-corrected chi connectivity index (χ4v) is 1.38. The zero-order valence-electron chi connectivity index (χ0n) is 10.5. The molecule has 0 aromatic heterocycles. The van der Waals surface area contributed by atoms with Gasteiger partial charge in [-0.25, -0.2) is 4.39 Å². The van der Waals surface area contributed by atoms with E-state index in [2.05, 4.69) is 5.32 Å². The number of rotatable bonds is 5. The summed E-state index contributed by atoms with van der Waals surface area (Å²) in [7, 11) is 1.46. The number of nitrogens with zero attached hydrogens (tertiary/aromatic N) is 1. The number of nitrogens with one attached hydrogen (secondary N) is 1. The van der Waals surface area contributed by atoms with Gasteiger partial charge in [-0.15, -0.1) is 0 Å². The second-order valence-corrected chi connectivity index (χ2v) is 3.87. The maximum absolute atomic E-state index is 13.6. The molecule has 0 heterocycles. The molecule has 1 rings (SSSR count). The Hall–Kier alpha value is -2.22. The summed E-state index contributed by atoms with van der Waals surface area (Å²) < 4.78 is 18.5. The Morgan fingerprint density at radius 3 is 2.79 bits per heavy atom. The van der Waals surface area contributed by atoms with Gasteiger partial charge in [-0.2, -0.15) is 0 Å². The van der Waals surface area contributed by atoms with E-state index in [1.54, 1.807) is 6.92 Å². The summed E-state index contributed by atoms with van der Waals surface area (Å²) in [4.78, 5) is 21.7. The lowest BCUT2D eigenvalue weighted by atomic mass is 10.1. The fraction of sp³-hybridized carbons (Fsp3) is 0.364. The van der Waals surface area contributed by atoms with Crippen molar-refractivity contribution >= 4 is 17.3 Å². The quantitative estimate of drug-likeness (QED) is 0.473. The van der Waals surface area contributed by atoms with Gasteiger partial charge in [0.1, 0.15) is 17.1 Å². The minimum absolute atomic E-state index is 0.136. The molecule has 8 heteroatoms. The van der Waals surface area contributed by atoms with E-state index in [0.717, 1.165) is 12.1 Å². The Morgan fingerprint density at radius 2 is 2.26 bits per heavy atom. The third kappa shape index (κ3) is 3.38. The number of carbonyl (C=O) groups is 1. The minimum Gasteiger partial charge on any atom is -0.392 e. The number of methoxy groups -OCH3 is 1. The first kappa shape index (κ1) is 14.8. The summed E-state index contributed by atoms with van der Waals surface area (Å²) in [6, 6.07) is 1.75. The molecule has 1 atom stereocenters. The van der Waals surface area contributed by atoms with Gasteiger partial charge in [-0.3, -0.25) is 14.9 Å². The highest BCUT2D eigenvalue weighted by molar-refractivity contribution is 6.01. The van der Waals surface area contributed by atoms with Crippen LogP contribution < -0.4 is 11.1 Å². The molecular formula is C11H14FN3O4. The number of amides is 1. The van der Waals surface area contributed by atoms with Gasteiger partial charge >= 0.3 is 0 Å². The van der Waals surface area contributed by atoms with Crippen LogP contribution in [0.2, 0.25) is 0 Å². The molecule has 104 valence electrons. The molecule has 0 aliphatic carbocycles. The summed E-state index contributed by atoms with van der Waals surface area (Å²) in [6.07, 6.45) is -0.271. The van der Waals surface area contributed by atoms with E-state index >= 15 is 0 Å². The van der Waals surface area contributed by atoms with Crippen molar-refractivity contribution in [3.05, 3.63) is 33.6 Å². The Balaban J connectivity index is 3.02. The van der Waals surface area contributed by atoms with Gasteiger partial charge in [-0.1, -0.05) is 0 Å². The number of carbonyl (C=O) groups excluding carboxylic acids is 1. The molecular weight excluding hydrogens is 257 g/mol. The van der Waals surface area contributed by atoms with E-state index in [0.29, 0.717) is 0 Å². The molecule has 1 amide bonds. The molecule has 0 spiro atoms. The third-order valence-corrected chi connectivity index (χ3v) is 2.55. The molecule has 7 nitrogen and oxygen atoms in total. The van der Waals surface area contributed by atoms with Crippen molar-refractivity contribution < 1.29 is 18.8 Å². The number of anilines is 1. The second kappa shape index (κ2) is 6.10. The standard InChI is InChI=1S/C11H14FN3O4/c1-6(19-2)5-14-11(16)9-7(12)3-4-8(10(9)13)15(17)18/h3-4,6H,5,13H2,1-2H3,(H,14,16). The molecule has 1 aromatic carbocycles. The van der Waals surface area contributed by atoms with E-state index in [4.69, 9.17) is 10.5 Å². The van der Waals surface area contributed by atoms with Crippen molar-refractivity contribution in [2.45, 2.75) is 13.0 Å². The predicted octanol–water partition coefficient (Wildman–Crippen LogP) is 1.08. The number of nitrogen functional groups attached to an aromatic ring is 1. The highest BCUT2D eigenvalue weighted by Gasteiger charge is 2.23. The van der Waals surface area contributed by atoms with E-state index in [-0.39, 0.29) is 12.6 Å². The first-order chi connectivity index (χ1) is 8.88. The highest BCUT2D eigenvalue weighted by Crippen LogP contribution is 2.27. The summed E-state index contributed by atoms with van der Waals surface area (Å²) in [5.74, 6) is -1.73. The average molecular weight is 271 g/mol. The number of benzene rings is 1. The van der Waals surface area contributed by atoms with Crippen LogP contribution >= 0.6 is 0 Å². The van der Waals surface area contributed by atoms with E-state index in [1.165, 1.54) is 7.11 Å². The monoisotopic (exact) mass is 271 g/mol. The van der Waals surface area contributed by atoms with Crippen LogP contribution in [-0.4, -0.2) is 30.6 Å². The molecule has 0 aliphatic heterocycles. The van der Waals surface area contributed by atoms with Crippen LogP contribution in [-0.2, 0) is 4.74 Å². The van der Waals surface area contributed by atoms with E-state index < -0.39 is 33.6 Å². The molecule has 0 aliphatic rings. The van der Waals surface area contributed by atoms with E-state index in [1.807, 2.05) is 0 Å². The van der Waals surface area contributed by atoms with Gasteiger partial charge in [0.15, 0.2) is 0 Å². The summed E-state index contributed by atoms with van der Waals surface area (Å²) in [5, 5.41) is 13.1. The maximum atomic E-state index is 13.6. The zero-order chi connectivity index (χ0) is 14.6. The number of halogens is 1. The number of ether oxygens (including phenoxy) is 1. The number of nitro groups is 1. The lowest BCUT2D eigenvalue weighted by molar-refractivity contribution is -0.384. The number of hydrogen-bond acceptors (Lipinski definition) is 5. The third-order valence-electron chi connectivity index (χ3n) is 2.55. The van der Waals surface area contributed by atoms with Gasteiger partial charge in [0.05, 0.1) is 11.0 Å². The lowest BCUT2D eigenvalue weighted by Gasteiger charge is -2.12. The zero-order valence-corrected chi connectivity index (χ0v) is 10.5. The topological polar surface area (TPSA) is 107 Å². The number of nitro benzene ring substituents is 1. The smallest absolute Gasteiger partial charge is 0.293 e. The Morgan fingerprint density at radius 1 is 1.63 bits per heavy atom. The maximum Gasteiger partial charge on any atom is 0.293 e. The Kier molecular flexibility index (Phi) is 4.76.